The van der Waals surface area contributed by atoms with Gasteiger partial charge >= 0.3 is 0 Å². The van der Waals surface area contributed by atoms with Crippen molar-refractivity contribution >= 4 is 21.6 Å². The van der Waals surface area contributed by atoms with Crippen LogP contribution in [0.5, 0.6) is 0 Å². The summed E-state index contributed by atoms with van der Waals surface area (Å²) in [5.41, 5.74) is 3.59. The van der Waals surface area contributed by atoms with Crippen molar-refractivity contribution in [3.05, 3.63) is 48.3 Å². The SMILES string of the molecule is CCC[n+]1cccc(-c2nc3ccc(C)cc3s2)c1.[I-]. The maximum atomic E-state index is 4.73. The molecule has 0 fully saturated rings. The minimum absolute atomic E-state index is 0. The molecule has 0 bridgehead atoms. The van der Waals surface area contributed by atoms with Crippen molar-refractivity contribution in [1.82, 2.24) is 4.98 Å². The van der Waals surface area contributed by atoms with Crippen molar-refractivity contribution in [2.45, 2.75) is 26.8 Å². The Morgan fingerprint density at radius 1 is 1.25 bits per heavy atom. The van der Waals surface area contributed by atoms with E-state index in [0.29, 0.717) is 0 Å². The highest BCUT2D eigenvalue weighted by atomic mass is 127. The summed E-state index contributed by atoms with van der Waals surface area (Å²) in [7, 11) is 0. The van der Waals surface area contributed by atoms with E-state index < -0.39 is 0 Å². The number of benzene rings is 1. The molecule has 0 N–H and O–H groups in total. The first kappa shape index (κ1) is 15.4. The van der Waals surface area contributed by atoms with Crippen molar-refractivity contribution in [3.63, 3.8) is 0 Å². The fourth-order valence-electron chi connectivity index (χ4n) is 2.20. The highest BCUT2D eigenvalue weighted by Gasteiger charge is 2.09. The lowest BCUT2D eigenvalue weighted by atomic mass is 10.2. The molecule has 0 saturated carbocycles. The van der Waals surface area contributed by atoms with Crippen LogP contribution >= 0.6 is 11.3 Å². The van der Waals surface area contributed by atoms with Crippen LogP contribution in [0, 0.1) is 6.92 Å². The minimum Gasteiger partial charge on any atom is -1.00 e. The Morgan fingerprint density at radius 3 is 2.90 bits per heavy atom. The zero-order valence-electron chi connectivity index (χ0n) is 11.6. The van der Waals surface area contributed by atoms with Crippen LogP contribution in [0.15, 0.2) is 42.7 Å². The summed E-state index contributed by atoms with van der Waals surface area (Å²) in [4.78, 5) is 4.73. The number of halogens is 1. The second-order valence-corrected chi connectivity index (χ2v) is 5.85. The fraction of sp³-hybridized carbons (Fsp3) is 0.250. The number of rotatable bonds is 3. The van der Waals surface area contributed by atoms with Gasteiger partial charge in [-0.15, -0.1) is 11.3 Å². The van der Waals surface area contributed by atoms with Crippen LogP contribution in [0.4, 0.5) is 0 Å². The van der Waals surface area contributed by atoms with E-state index >= 15 is 0 Å². The number of aromatic nitrogens is 2. The Bertz CT molecular complexity index is 721. The van der Waals surface area contributed by atoms with Gasteiger partial charge in [0, 0.05) is 12.5 Å². The van der Waals surface area contributed by atoms with Gasteiger partial charge in [0.1, 0.15) is 11.6 Å². The monoisotopic (exact) mass is 396 g/mol. The molecule has 2 heterocycles. The van der Waals surface area contributed by atoms with E-state index in [0.717, 1.165) is 23.5 Å². The molecule has 0 spiro atoms. The standard InChI is InChI=1S/C16H17N2S.HI/c1-3-8-18-9-4-5-13(11-18)16-17-14-7-6-12(2)10-15(14)19-16;/h4-7,9-11H,3,8H2,1-2H3;1H/q+1;/p-1. The van der Waals surface area contributed by atoms with E-state index in [1.807, 2.05) is 0 Å². The normalized spacial score (nSPS) is 10.5. The molecule has 0 aliphatic rings. The molecule has 0 amide bonds. The molecule has 0 unspecified atom stereocenters. The molecule has 0 radical (unpaired) electrons. The summed E-state index contributed by atoms with van der Waals surface area (Å²) in [6, 6.07) is 10.7. The van der Waals surface area contributed by atoms with E-state index in [-0.39, 0.29) is 24.0 Å². The smallest absolute Gasteiger partial charge is 0.179 e. The number of nitrogens with zero attached hydrogens (tertiary/aromatic N) is 2. The molecule has 104 valence electrons. The van der Waals surface area contributed by atoms with Crippen LogP contribution in [-0.4, -0.2) is 4.98 Å². The predicted octanol–water partition coefficient (Wildman–Crippen LogP) is 0.973. The van der Waals surface area contributed by atoms with E-state index in [4.69, 9.17) is 4.98 Å². The molecule has 2 aromatic heterocycles. The van der Waals surface area contributed by atoms with Crippen LogP contribution in [0.1, 0.15) is 18.9 Å². The van der Waals surface area contributed by atoms with Gasteiger partial charge in [-0.25, -0.2) is 9.55 Å². The van der Waals surface area contributed by atoms with E-state index in [2.05, 4.69) is 61.1 Å². The van der Waals surface area contributed by atoms with Crippen molar-refractivity contribution < 1.29 is 28.5 Å². The third-order valence-electron chi connectivity index (χ3n) is 3.13. The van der Waals surface area contributed by atoms with E-state index in [1.54, 1.807) is 11.3 Å². The Labute approximate surface area is 140 Å². The van der Waals surface area contributed by atoms with Gasteiger partial charge in [-0.3, -0.25) is 0 Å². The van der Waals surface area contributed by atoms with Crippen LogP contribution in [0.3, 0.4) is 0 Å². The Kier molecular flexibility index (Phi) is 5.10. The molecule has 0 aliphatic carbocycles. The van der Waals surface area contributed by atoms with Crippen LogP contribution in [0.25, 0.3) is 20.8 Å². The quantitative estimate of drug-likeness (QED) is 0.477. The number of pyridine rings is 1. The molecule has 3 rings (SSSR count). The number of hydrogen-bond donors (Lipinski definition) is 0. The summed E-state index contributed by atoms with van der Waals surface area (Å²) >= 11 is 1.77. The first-order chi connectivity index (χ1) is 9.26. The minimum atomic E-state index is 0. The average molecular weight is 396 g/mol. The van der Waals surface area contributed by atoms with Gasteiger partial charge in [-0.05, 0) is 30.7 Å². The summed E-state index contributed by atoms with van der Waals surface area (Å²) in [5.74, 6) is 0. The molecule has 3 aromatic rings. The number of hydrogen-bond acceptors (Lipinski definition) is 2. The van der Waals surface area contributed by atoms with Crippen molar-refractivity contribution in [3.8, 4) is 10.6 Å². The Morgan fingerprint density at radius 2 is 2.10 bits per heavy atom. The van der Waals surface area contributed by atoms with E-state index in [1.165, 1.54) is 15.8 Å². The highest BCUT2D eigenvalue weighted by molar-refractivity contribution is 7.21. The largest absolute Gasteiger partial charge is 1.00 e. The predicted molar refractivity (Wildman–Crippen MR) is 80.3 cm³/mol. The molecule has 0 saturated heterocycles. The summed E-state index contributed by atoms with van der Waals surface area (Å²) in [6.07, 6.45) is 5.45. The lowest BCUT2D eigenvalue weighted by Gasteiger charge is -1.96. The van der Waals surface area contributed by atoms with Crippen molar-refractivity contribution in [2.24, 2.45) is 0 Å². The molecule has 20 heavy (non-hydrogen) atoms. The zero-order valence-corrected chi connectivity index (χ0v) is 14.6. The van der Waals surface area contributed by atoms with Gasteiger partial charge in [-0.2, -0.15) is 0 Å². The summed E-state index contributed by atoms with van der Waals surface area (Å²) in [6.45, 7) is 5.37. The maximum Gasteiger partial charge on any atom is 0.179 e. The molecular weight excluding hydrogens is 379 g/mol. The van der Waals surface area contributed by atoms with E-state index in [9.17, 15) is 0 Å². The maximum absolute atomic E-state index is 4.73. The summed E-state index contributed by atoms with van der Waals surface area (Å²) < 4.78 is 3.49. The van der Waals surface area contributed by atoms with Gasteiger partial charge in [0.2, 0.25) is 0 Å². The lowest BCUT2D eigenvalue weighted by molar-refractivity contribution is -0.696. The molecule has 1 aromatic carbocycles. The Balaban J connectivity index is 0.00000147. The number of fused-ring (bicyclic) bond motifs is 1. The fourth-order valence-corrected chi connectivity index (χ4v) is 3.26. The third-order valence-corrected chi connectivity index (χ3v) is 4.20. The van der Waals surface area contributed by atoms with Crippen LogP contribution in [0.2, 0.25) is 0 Å². The van der Waals surface area contributed by atoms with Gasteiger partial charge in [0.25, 0.3) is 0 Å². The molecule has 2 nitrogen and oxygen atoms in total. The topological polar surface area (TPSA) is 16.8 Å². The van der Waals surface area contributed by atoms with Gasteiger partial charge in [0.15, 0.2) is 12.4 Å². The van der Waals surface area contributed by atoms with Crippen molar-refractivity contribution in [2.75, 3.05) is 0 Å². The molecular formula is C16H17IN2S. The number of thiazole rings is 1. The summed E-state index contributed by atoms with van der Waals surface area (Å²) in [5, 5.41) is 1.10. The third kappa shape index (κ3) is 3.17. The average Bonchev–Trinajstić information content (AvgIpc) is 2.82. The molecule has 0 aliphatic heterocycles. The van der Waals surface area contributed by atoms with Crippen molar-refractivity contribution in [1.29, 1.82) is 0 Å². The first-order valence-corrected chi connectivity index (χ1v) is 7.44. The van der Waals surface area contributed by atoms with Gasteiger partial charge in [0.05, 0.1) is 15.8 Å². The first-order valence-electron chi connectivity index (χ1n) is 6.63. The number of aryl methyl sites for hydroxylation is 2. The second-order valence-electron chi connectivity index (χ2n) is 4.82. The van der Waals surface area contributed by atoms with Gasteiger partial charge < -0.3 is 24.0 Å². The molecule has 4 heteroatoms. The second kappa shape index (κ2) is 6.63. The van der Waals surface area contributed by atoms with Crippen LogP contribution in [-0.2, 0) is 6.54 Å². The zero-order chi connectivity index (χ0) is 13.2. The van der Waals surface area contributed by atoms with Crippen LogP contribution < -0.4 is 28.5 Å². The highest BCUT2D eigenvalue weighted by Crippen LogP contribution is 2.29. The Hall–Kier alpha value is -1.01. The lowest BCUT2D eigenvalue weighted by Crippen LogP contribution is -3.00. The molecule has 0 atom stereocenters. The van der Waals surface area contributed by atoms with Gasteiger partial charge in [-0.1, -0.05) is 13.0 Å².